The van der Waals surface area contributed by atoms with Crippen molar-refractivity contribution in [1.82, 2.24) is 9.97 Å². The van der Waals surface area contributed by atoms with Gasteiger partial charge in [0.05, 0.1) is 0 Å². The van der Waals surface area contributed by atoms with E-state index in [-0.39, 0.29) is 0 Å². The molecule has 0 amide bonds. The Balaban J connectivity index is 2.06. The monoisotopic (exact) mass is 221 g/mol. The lowest BCUT2D eigenvalue weighted by molar-refractivity contribution is 0.461. The quantitative estimate of drug-likeness (QED) is 0.536. The van der Waals surface area contributed by atoms with Gasteiger partial charge in [-0.3, -0.25) is 5.43 Å². The smallest absolute Gasteiger partial charge is 0.239 e. The summed E-state index contributed by atoms with van der Waals surface area (Å²) in [7, 11) is 0. The van der Waals surface area contributed by atoms with Gasteiger partial charge in [0.25, 0.3) is 0 Å². The average Bonchev–Trinajstić information content (AvgIpc) is 2.33. The van der Waals surface area contributed by atoms with Gasteiger partial charge in [-0.25, -0.2) is 10.8 Å². The van der Waals surface area contributed by atoms with Gasteiger partial charge in [0.2, 0.25) is 5.95 Å². The van der Waals surface area contributed by atoms with Crippen LogP contribution in [-0.4, -0.2) is 16.0 Å². The third-order valence-corrected chi connectivity index (χ3v) is 3.05. The first-order chi connectivity index (χ1) is 7.79. The fraction of sp³-hybridized carbons (Fsp3) is 0.636. The molecule has 1 aliphatic rings. The van der Waals surface area contributed by atoms with E-state index in [9.17, 15) is 0 Å². The number of nitrogens with zero attached hydrogens (tertiary/aromatic N) is 2. The maximum absolute atomic E-state index is 5.30. The second kappa shape index (κ2) is 5.12. The van der Waals surface area contributed by atoms with Crippen molar-refractivity contribution in [3.05, 3.63) is 11.8 Å². The SMILES string of the molecule is Cc1cnc(NN)nc1NC1CCCCC1. The van der Waals surface area contributed by atoms with E-state index in [0.717, 1.165) is 11.4 Å². The van der Waals surface area contributed by atoms with Crippen molar-refractivity contribution in [2.45, 2.75) is 45.1 Å². The molecule has 0 atom stereocenters. The van der Waals surface area contributed by atoms with E-state index in [4.69, 9.17) is 5.84 Å². The molecule has 1 heterocycles. The maximum Gasteiger partial charge on any atom is 0.239 e. The number of hydrogen-bond acceptors (Lipinski definition) is 5. The van der Waals surface area contributed by atoms with Crippen molar-refractivity contribution in [2.24, 2.45) is 5.84 Å². The van der Waals surface area contributed by atoms with Gasteiger partial charge < -0.3 is 5.32 Å². The number of hydrogen-bond donors (Lipinski definition) is 3. The molecule has 0 aromatic carbocycles. The molecule has 5 nitrogen and oxygen atoms in total. The molecule has 0 aliphatic heterocycles. The van der Waals surface area contributed by atoms with E-state index < -0.39 is 0 Å². The van der Waals surface area contributed by atoms with Crippen LogP contribution in [0.5, 0.6) is 0 Å². The Kier molecular flexibility index (Phi) is 3.56. The highest BCUT2D eigenvalue weighted by molar-refractivity contribution is 5.46. The predicted molar refractivity (Wildman–Crippen MR) is 65.1 cm³/mol. The Morgan fingerprint density at radius 1 is 1.31 bits per heavy atom. The standard InChI is InChI=1S/C11H19N5/c1-8-7-13-11(16-12)15-10(8)14-9-5-3-2-4-6-9/h7,9H,2-6,12H2,1H3,(H2,13,14,15,16). The maximum atomic E-state index is 5.30. The van der Waals surface area contributed by atoms with Crippen LogP contribution in [0.1, 0.15) is 37.7 Å². The summed E-state index contributed by atoms with van der Waals surface area (Å²) in [6, 6.07) is 0.549. The second-order valence-electron chi connectivity index (χ2n) is 4.35. The van der Waals surface area contributed by atoms with Crippen LogP contribution in [-0.2, 0) is 0 Å². The van der Waals surface area contributed by atoms with Crippen LogP contribution in [0.3, 0.4) is 0 Å². The topological polar surface area (TPSA) is 75.9 Å². The van der Waals surface area contributed by atoms with Gasteiger partial charge in [0, 0.05) is 17.8 Å². The molecule has 16 heavy (non-hydrogen) atoms. The Morgan fingerprint density at radius 3 is 2.75 bits per heavy atom. The molecule has 5 heteroatoms. The van der Waals surface area contributed by atoms with Crippen molar-refractivity contribution in [2.75, 3.05) is 10.7 Å². The Labute approximate surface area is 95.8 Å². The van der Waals surface area contributed by atoms with Gasteiger partial charge in [-0.1, -0.05) is 19.3 Å². The number of nitrogens with one attached hydrogen (secondary N) is 2. The van der Waals surface area contributed by atoms with Gasteiger partial charge in [0.15, 0.2) is 0 Å². The Bertz CT molecular complexity index is 346. The summed E-state index contributed by atoms with van der Waals surface area (Å²) < 4.78 is 0. The molecule has 2 rings (SSSR count). The largest absolute Gasteiger partial charge is 0.367 e. The van der Waals surface area contributed by atoms with E-state index in [2.05, 4.69) is 20.7 Å². The number of rotatable bonds is 3. The first-order valence-corrected chi connectivity index (χ1v) is 5.86. The number of nitrogen functional groups attached to an aromatic ring is 1. The van der Waals surface area contributed by atoms with E-state index >= 15 is 0 Å². The lowest BCUT2D eigenvalue weighted by atomic mass is 9.95. The third-order valence-electron chi connectivity index (χ3n) is 3.05. The molecule has 1 aromatic heterocycles. The lowest BCUT2D eigenvalue weighted by Gasteiger charge is -2.24. The molecule has 4 N–H and O–H groups in total. The first kappa shape index (κ1) is 11.1. The number of nitrogens with two attached hydrogens (primary N) is 1. The lowest BCUT2D eigenvalue weighted by Crippen LogP contribution is -2.24. The highest BCUT2D eigenvalue weighted by Crippen LogP contribution is 2.22. The number of aryl methyl sites for hydroxylation is 1. The van der Waals surface area contributed by atoms with Crippen molar-refractivity contribution < 1.29 is 0 Å². The molecule has 0 bridgehead atoms. The summed E-state index contributed by atoms with van der Waals surface area (Å²) in [4.78, 5) is 8.39. The Hall–Kier alpha value is -1.36. The van der Waals surface area contributed by atoms with Gasteiger partial charge in [0.1, 0.15) is 5.82 Å². The van der Waals surface area contributed by atoms with Crippen molar-refractivity contribution in [1.29, 1.82) is 0 Å². The number of hydrazine groups is 1. The van der Waals surface area contributed by atoms with Crippen LogP contribution in [0.15, 0.2) is 6.20 Å². The molecule has 1 saturated carbocycles. The van der Waals surface area contributed by atoms with E-state index in [1.165, 1.54) is 32.1 Å². The minimum absolute atomic E-state index is 0.462. The second-order valence-corrected chi connectivity index (χ2v) is 4.35. The zero-order chi connectivity index (χ0) is 11.4. The molecule has 88 valence electrons. The van der Waals surface area contributed by atoms with E-state index in [0.29, 0.717) is 12.0 Å². The summed E-state index contributed by atoms with van der Waals surface area (Å²) >= 11 is 0. The fourth-order valence-electron chi connectivity index (χ4n) is 2.10. The molecule has 0 spiro atoms. The number of anilines is 2. The predicted octanol–water partition coefficient (Wildman–Crippen LogP) is 1.82. The minimum Gasteiger partial charge on any atom is -0.367 e. The molecule has 0 unspecified atom stereocenters. The van der Waals surface area contributed by atoms with E-state index in [1.807, 2.05) is 6.92 Å². The van der Waals surface area contributed by atoms with Crippen LogP contribution in [0.2, 0.25) is 0 Å². The van der Waals surface area contributed by atoms with Crippen molar-refractivity contribution >= 4 is 11.8 Å². The minimum atomic E-state index is 0.462. The molecular weight excluding hydrogens is 202 g/mol. The molecule has 0 radical (unpaired) electrons. The highest BCUT2D eigenvalue weighted by Gasteiger charge is 2.14. The number of aromatic nitrogens is 2. The summed E-state index contributed by atoms with van der Waals surface area (Å²) in [6.45, 7) is 2.01. The molecular formula is C11H19N5. The summed E-state index contributed by atoms with van der Waals surface area (Å²) in [5.74, 6) is 6.66. The normalized spacial score (nSPS) is 17.1. The third kappa shape index (κ3) is 2.61. The van der Waals surface area contributed by atoms with Crippen LogP contribution in [0.4, 0.5) is 11.8 Å². The van der Waals surface area contributed by atoms with Crippen LogP contribution >= 0.6 is 0 Å². The van der Waals surface area contributed by atoms with Gasteiger partial charge >= 0.3 is 0 Å². The Morgan fingerprint density at radius 2 is 2.06 bits per heavy atom. The van der Waals surface area contributed by atoms with Gasteiger partial charge in [-0.05, 0) is 19.8 Å². The highest BCUT2D eigenvalue weighted by atomic mass is 15.3. The van der Waals surface area contributed by atoms with Crippen LogP contribution in [0, 0.1) is 6.92 Å². The zero-order valence-electron chi connectivity index (χ0n) is 9.66. The average molecular weight is 221 g/mol. The zero-order valence-corrected chi connectivity index (χ0v) is 9.66. The molecule has 1 aromatic rings. The van der Waals surface area contributed by atoms with E-state index in [1.54, 1.807) is 6.20 Å². The summed E-state index contributed by atoms with van der Waals surface area (Å²) in [5.41, 5.74) is 3.53. The first-order valence-electron chi connectivity index (χ1n) is 5.86. The summed E-state index contributed by atoms with van der Waals surface area (Å²) in [6.07, 6.45) is 8.22. The molecule has 1 aliphatic carbocycles. The van der Waals surface area contributed by atoms with Crippen molar-refractivity contribution in [3.63, 3.8) is 0 Å². The fourth-order valence-corrected chi connectivity index (χ4v) is 2.10. The van der Waals surface area contributed by atoms with Crippen LogP contribution in [0.25, 0.3) is 0 Å². The van der Waals surface area contributed by atoms with Gasteiger partial charge in [-0.2, -0.15) is 4.98 Å². The van der Waals surface area contributed by atoms with Crippen LogP contribution < -0.4 is 16.6 Å². The van der Waals surface area contributed by atoms with Gasteiger partial charge in [-0.15, -0.1) is 0 Å². The molecule has 1 fully saturated rings. The summed E-state index contributed by atoms with van der Waals surface area (Å²) in [5, 5.41) is 3.48. The van der Waals surface area contributed by atoms with Crippen molar-refractivity contribution in [3.8, 4) is 0 Å². The molecule has 0 saturated heterocycles.